The number of rotatable bonds is 10. The Labute approximate surface area is 111 Å². The van der Waals surface area contributed by atoms with Gasteiger partial charge in [-0.05, 0) is 38.5 Å². The molecule has 0 aliphatic heterocycles. The summed E-state index contributed by atoms with van der Waals surface area (Å²) < 4.78 is 4.83. The van der Waals surface area contributed by atoms with Crippen molar-refractivity contribution in [3.63, 3.8) is 0 Å². The first-order valence-electron chi connectivity index (χ1n) is 6.85. The van der Waals surface area contributed by atoms with Crippen LogP contribution < -0.4 is 0 Å². The van der Waals surface area contributed by atoms with Crippen molar-refractivity contribution in [3.8, 4) is 0 Å². The molecular formula is C16H26O2. The summed E-state index contributed by atoms with van der Waals surface area (Å²) in [5, 5.41) is 0. The minimum atomic E-state index is -0.203. The normalized spacial score (nSPS) is 11.9. The summed E-state index contributed by atoms with van der Waals surface area (Å²) in [5.74, 6) is -0.203. The van der Waals surface area contributed by atoms with Gasteiger partial charge in [-0.1, -0.05) is 43.4 Å². The summed E-state index contributed by atoms with van der Waals surface area (Å²) in [4.78, 5) is 10.5. The molecule has 0 saturated heterocycles. The fourth-order valence-electron chi connectivity index (χ4n) is 1.42. The highest BCUT2D eigenvalue weighted by molar-refractivity contribution is 5.65. The van der Waals surface area contributed by atoms with Gasteiger partial charge in [-0.2, -0.15) is 0 Å². The number of carbonyl (C=O) groups is 1. The first-order chi connectivity index (χ1) is 8.77. The standard InChI is InChI=1S/C16H26O2/c1-3-4-5-6-7-8-9-10-11-12-13-14-15-18-16(2)17/h4-5,7-8,12-13H,3,6,9-11,14-15H2,1-2H3/b5-4?,8-7-,13-12?. The van der Waals surface area contributed by atoms with Crippen molar-refractivity contribution in [2.45, 2.75) is 52.4 Å². The van der Waals surface area contributed by atoms with Crippen LogP contribution in [0.5, 0.6) is 0 Å². The molecule has 0 aromatic rings. The van der Waals surface area contributed by atoms with Crippen LogP contribution in [-0.4, -0.2) is 12.6 Å². The second-order valence-electron chi connectivity index (χ2n) is 4.12. The Morgan fingerprint density at radius 3 is 2.22 bits per heavy atom. The molecule has 0 aromatic carbocycles. The molecule has 0 atom stereocenters. The molecule has 18 heavy (non-hydrogen) atoms. The van der Waals surface area contributed by atoms with Gasteiger partial charge in [-0.3, -0.25) is 4.79 Å². The molecule has 2 heteroatoms. The lowest BCUT2D eigenvalue weighted by Gasteiger charge is -1.96. The van der Waals surface area contributed by atoms with Crippen LogP contribution in [0.15, 0.2) is 36.5 Å². The molecule has 0 rings (SSSR count). The first kappa shape index (κ1) is 16.7. The van der Waals surface area contributed by atoms with E-state index < -0.39 is 0 Å². The van der Waals surface area contributed by atoms with E-state index in [1.165, 1.54) is 13.3 Å². The lowest BCUT2D eigenvalue weighted by atomic mass is 10.2. The molecule has 0 radical (unpaired) electrons. The van der Waals surface area contributed by atoms with Crippen molar-refractivity contribution in [1.82, 2.24) is 0 Å². The molecule has 0 spiro atoms. The Balaban J connectivity index is 3.26. The zero-order chi connectivity index (χ0) is 13.5. The average Bonchev–Trinajstić information content (AvgIpc) is 2.34. The number of unbranched alkanes of at least 4 members (excludes halogenated alkanes) is 2. The van der Waals surface area contributed by atoms with Gasteiger partial charge >= 0.3 is 5.97 Å². The van der Waals surface area contributed by atoms with Gasteiger partial charge in [-0.15, -0.1) is 0 Å². The van der Waals surface area contributed by atoms with Crippen LogP contribution in [0.1, 0.15) is 52.4 Å². The number of allylic oxidation sites excluding steroid dienone is 5. The third kappa shape index (κ3) is 14.7. The van der Waals surface area contributed by atoms with E-state index in [0.29, 0.717) is 6.61 Å². The molecule has 0 amide bonds. The average molecular weight is 250 g/mol. The number of hydrogen-bond donors (Lipinski definition) is 0. The van der Waals surface area contributed by atoms with E-state index in [2.05, 4.69) is 43.4 Å². The highest BCUT2D eigenvalue weighted by Gasteiger charge is 1.88. The summed E-state index contributed by atoms with van der Waals surface area (Å²) in [5.41, 5.74) is 0. The molecule has 2 nitrogen and oxygen atoms in total. The van der Waals surface area contributed by atoms with Crippen LogP contribution in [0, 0.1) is 0 Å². The summed E-state index contributed by atoms with van der Waals surface area (Å²) in [6, 6.07) is 0. The smallest absolute Gasteiger partial charge is 0.302 e. The predicted molar refractivity (Wildman–Crippen MR) is 77.4 cm³/mol. The molecule has 0 aliphatic rings. The maximum Gasteiger partial charge on any atom is 0.302 e. The fourth-order valence-corrected chi connectivity index (χ4v) is 1.42. The Kier molecular flexibility index (Phi) is 12.8. The minimum Gasteiger partial charge on any atom is -0.466 e. The monoisotopic (exact) mass is 250 g/mol. The predicted octanol–water partition coefficient (Wildman–Crippen LogP) is 4.58. The molecule has 0 heterocycles. The van der Waals surface area contributed by atoms with Gasteiger partial charge in [0.05, 0.1) is 6.61 Å². The van der Waals surface area contributed by atoms with Crippen molar-refractivity contribution >= 4 is 5.97 Å². The number of esters is 1. The van der Waals surface area contributed by atoms with E-state index in [-0.39, 0.29) is 5.97 Å². The molecule has 0 N–H and O–H groups in total. The Hall–Kier alpha value is -1.31. The Morgan fingerprint density at radius 2 is 1.56 bits per heavy atom. The maximum atomic E-state index is 10.5. The van der Waals surface area contributed by atoms with Gasteiger partial charge in [-0.25, -0.2) is 0 Å². The zero-order valence-corrected chi connectivity index (χ0v) is 11.7. The summed E-state index contributed by atoms with van der Waals surface area (Å²) in [6.07, 6.45) is 19.5. The lowest BCUT2D eigenvalue weighted by molar-refractivity contribution is -0.140. The van der Waals surface area contributed by atoms with E-state index in [4.69, 9.17) is 4.74 Å². The lowest BCUT2D eigenvalue weighted by Crippen LogP contribution is -1.98. The third-order valence-electron chi connectivity index (χ3n) is 2.34. The number of ether oxygens (including phenoxy) is 1. The largest absolute Gasteiger partial charge is 0.466 e. The number of carbonyl (C=O) groups excluding carboxylic acids is 1. The van der Waals surface area contributed by atoms with Gasteiger partial charge in [0.2, 0.25) is 0 Å². The van der Waals surface area contributed by atoms with E-state index in [1.807, 2.05) is 0 Å². The van der Waals surface area contributed by atoms with Gasteiger partial charge in [0.25, 0.3) is 0 Å². The first-order valence-corrected chi connectivity index (χ1v) is 6.85. The summed E-state index contributed by atoms with van der Waals surface area (Å²) >= 11 is 0. The molecular weight excluding hydrogens is 224 g/mol. The minimum absolute atomic E-state index is 0.203. The van der Waals surface area contributed by atoms with Crippen LogP contribution in [0.4, 0.5) is 0 Å². The van der Waals surface area contributed by atoms with Crippen LogP contribution in [0.2, 0.25) is 0 Å². The SMILES string of the molecule is CCC=CC/C=C\CCCC=CCCOC(C)=O. The van der Waals surface area contributed by atoms with E-state index >= 15 is 0 Å². The van der Waals surface area contributed by atoms with Crippen LogP contribution in [0.25, 0.3) is 0 Å². The molecule has 0 aromatic heterocycles. The second-order valence-corrected chi connectivity index (χ2v) is 4.12. The molecule has 0 saturated carbocycles. The fraction of sp³-hybridized carbons (Fsp3) is 0.562. The summed E-state index contributed by atoms with van der Waals surface area (Å²) in [6.45, 7) is 4.08. The van der Waals surface area contributed by atoms with Crippen LogP contribution >= 0.6 is 0 Å². The van der Waals surface area contributed by atoms with Crippen LogP contribution in [0.3, 0.4) is 0 Å². The maximum absolute atomic E-state index is 10.5. The molecule has 0 fully saturated rings. The molecule has 0 bridgehead atoms. The van der Waals surface area contributed by atoms with Gasteiger partial charge in [0, 0.05) is 6.92 Å². The van der Waals surface area contributed by atoms with Crippen molar-refractivity contribution in [3.05, 3.63) is 36.5 Å². The van der Waals surface area contributed by atoms with Crippen molar-refractivity contribution < 1.29 is 9.53 Å². The Bertz CT molecular complexity index is 275. The van der Waals surface area contributed by atoms with E-state index in [1.54, 1.807) is 0 Å². The topological polar surface area (TPSA) is 26.3 Å². The van der Waals surface area contributed by atoms with Gasteiger partial charge < -0.3 is 4.74 Å². The van der Waals surface area contributed by atoms with Crippen molar-refractivity contribution in [1.29, 1.82) is 0 Å². The molecule has 102 valence electrons. The molecule has 0 unspecified atom stereocenters. The second kappa shape index (κ2) is 13.8. The third-order valence-corrected chi connectivity index (χ3v) is 2.34. The van der Waals surface area contributed by atoms with Crippen molar-refractivity contribution in [2.75, 3.05) is 6.61 Å². The van der Waals surface area contributed by atoms with E-state index in [9.17, 15) is 4.79 Å². The quantitative estimate of drug-likeness (QED) is 0.322. The summed E-state index contributed by atoms with van der Waals surface area (Å²) in [7, 11) is 0. The van der Waals surface area contributed by atoms with Crippen LogP contribution in [-0.2, 0) is 9.53 Å². The highest BCUT2D eigenvalue weighted by atomic mass is 16.5. The number of hydrogen-bond acceptors (Lipinski definition) is 2. The van der Waals surface area contributed by atoms with Gasteiger partial charge in [0.1, 0.15) is 0 Å². The molecule has 0 aliphatic carbocycles. The van der Waals surface area contributed by atoms with Gasteiger partial charge in [0.15, 0.2) is 0 Å². The Morgan fingerprint density at radius 1 is 0.944 bits per heavy atom. The van der Waals surface area contributed by atoms with Crippen molar-refractivity contribution in [2.24, 2.45) is 0 Å². The zero-order valence-electron chi connectivity index (χ0n) is 11.7. The van der Waals surface area contributed by atoms with E-state index in [0.717, 1.165) is 32.1 Å². The highest BCUT2D eigenvalue weighted by Crippen LogP contribution is 2.00.